The monoisotopic (exact) mass is 317 g/mol. The number of nitrogens with one attached hydrogen (secondary N) is 1. The third kappa shape index (κ3) is 2.52. The van der Waals surface area contributed by atoms with Crippen molar-refractivity contribution in [3.63, 3.8) is 0 Å². The molecule has 0 aromatic heterocycles. The van der Waals surface area contributed by atoms with Crippen molar-refractivity contribution in [1.82, 2.24) is 5.32 Å². The van der Waals surface area contributed by atoms with E-state index in [-0.39, 0.29) is 11.7 Å². The van der Waals surface area contributed by atoms with Gasteiger partial charge in [-0.15, -0.1) is 0 Å². The zero-order valence-electron chi connectivity index (χ0n) is 14.3. The van der Waals surface area contributed by atoms with E-state index >= 15 is 0 Å². The Morgan fingerprint density at radius 2 is 2.22 bits per heavy atom. The van der Waals surface area contributed by atoms with Crippen molar-refractivity contribution < 1.29 is 14.2 Å². The summed E-state index contributed by atoms with van der Waals surface area (Å²) in [6, 6.07) is 6.20. The van der Waals surface area contributed by atoms with Gasteiger partial charge in [0.1, 0.15) is 5.60 Å². The molecule has 0 amide bonds. The van der Waals surface area contributed by atoms with Gasteiger partial charge in [-0.1, -0.05) is 12.1 Å². The van der Waals surface area contributed by atoms with Crippen molar-refractivity contribution in [3.05, 3.63) is 23.8 Å². The minimum absolute atomic E-state index is 0.119. The second-order valence-corrected chi connectivity index (χ2v) is 7.50. The normalized spacial score (nSPS) is 34.6. The summed E-state index contributed by atoms with van der Waals surface area (Å²) >= 11 is 0. The molecule has 3 aliphatic rings. The molecular weight excluding hydrogens is 290 g/mol. The number of hydrogen-bond donors (Lipinski definition) is 1. The zero-order valence-corrected chi connectivity index (χ0v) is 14.3. The van der Waals surface area contributed by atoms with Crippen molar-refractivity contribution in [2.75, 3.05) is 19.7 Å². The lowest BCUT2D eigenvalue weighted by molar-refractivity contribution is -0.178. The Balaban J connectivity index is 1.73. The van der Waals surface area contributed by atoms with Crippen LogP contribution in [0, 0.1) is 11.8 Å². The lowest BCUT2D eigenvalue weighted by Crippen LogP contribution is -2.54. The SMILES string of the molecule is CCOc1cccc2c1OC(C)(C)[C@@H]1C[C@@H]3CNCC[C@H]3O[C@@H]21. The number of rotatable bonds is 2. The van der Waals surface area contributed by atoms with Gasteiger partial charge in [0, 0.05) is 18.0 Å². The summed E-state index contributed by atoms with van der Waals surface area (Å²) < 4.78 is 18.8. The maximum absolute atomic E-state index is 6.61. The number of hydrogen-bond acceptors (Lipinski definition) is 4. The molecule has 0 aliphatic carbocycles. The number of ether oxygens (including phenoxy) is 3. The minimum Gasteiger partial charge on any atom is -0.490 e. The highest BCUT2D eigenvalue weighted by Gasteiger charge is 2.51. The first-order chi connectivity index (χ1) is 11.1. The van der Waals surface area contributed by atoms with Crippen LogP contribution in [0.4, 0.5) is 0 Å². The highest BCUT2D eigenvalue weighted by molar-refractivity contribution is 5.50. The largest absolute Gasteiger partial charge is 0.490 e. The van der Waals surface area contributed by atoms with E-state index in [9.17, 15) is 0 Å². The zero-order chi connectivity index (χ0) is 16.0. The Kier molecular flexibility index (Phi) is 3.77. The Labute approximate surface area is 138 Å². The molecule has 2 saturated heterocycles. The highest BCUT2D eigenvalue weighted by atomic mass is 16.5. The fourth-order valence-corrected chi connectivity index (χ4v) is 4.46. The van der Waals surface area contributed by atoms with Gasteiger partial charge in [0.15, 0.2) is 11.5 Å². The van der Waals surface area contributed by atoms with Crippen LogP contribution in [0.1, 0.15) is 45.3 Å². The summed E-state index contributed by atoms with van der Waals surface area (Å²) in [5.41, 5.74) is 0.921. The molecular formula is C19H27NO3. The van der Waals surface area contributed by atoms with Gasteiger partial charge in [-0.05, 0) is 52.1 Å². The molecule has 4 atom stereocenters. The van der Waals surface area contributed by atoms with Crippen LogP contribution in [-0.4, -0.2) is 31.4 Å². The predicted molar refractivity (Wildman–Crippen MR) is 89.0 cm³/mol. The molecule has 3 aliphatic heterocycles. The van der Waals surface area contributed by atoms with E-state index < -0.39 is 0 Å². The van der Waals surface area contributed by atoms with Crippen LogP contribution < -0.4 is 14.8 Å². The van der Waals surface area contributed by atoms with Gasteiger partial charge in [0.2, 0.25) is 0 Å². The van der Waals surface area contributed by atoms with E-state index in [1.165, 1.54) is 0 Å². The van der Waals surface area contributed by atoms with E-state index in [0.29, 0.717) is 24.5 Å². The molecule has 0 bridgehead atoms. The van der Waals surface area contributed by atoms with Crippen LogP contribution in [0.25, 0.3) is 0 Å². The molecule has 23 heavy (non-hydrogen) atoms. The first-order valence-corrected chi connectivity index (χ1v) is 8.91. The molecule has 126 valence electrons. The molecule has 0 spiro atoms. The standard InChI is InChI=1S/C19H27NO3/c1-4-21-16-7-5-6-13-17-14(19(2,3)23-18(13)16)10-12-11-20-9-8-15(12)22-17/h5-7,12,14-15,17,20H,4,8-11H2,1-3H3/t12-,14-,15-,17+/m1/s1. The van der Waals surface area contributed by atoms with Crippen LogP contribution in [-0.2, 0) is 4.74 Å². The van der Waals surface area contributed by atoms with Gasteiger partial charge in [0.05, 0.1) is 18.8 Å². The van der Waals surface area contributed by atoms with Gasteiger partial charge < -0.3 is 19.5 Å². The van der Waals surface area contributed by atoms with Crippen LogP contribution in [0.3, 0.4) is 0 Å². The maximum atomic E-state index is 6.61. The van der Waals surface area contributed by atoms with Crippen LogP contribution in [0.2, 0.25) is 0 Å². The van der Waals surface area contributed by atoms with Crippen LogP contribution in [0.5, 0.6) is 11.5 Å². The molecule has 0 radical (unpaired) electrons. The lowest BCUT2D eigenvalue weighted by Gasteiger charge is -2.52. The summed E-state index contributed by atoms with van der Waals surface area (Å²) in [6.45, 7) is 9.16. The van der Waals surface area contributed by atoms with Gasteiger partial charge in [-0.3, -0.25) is 0 Å². The molecule has 4 rings (SSSR count). The fraction of sp³-hybridized carbons (Fsp3) is 0.684. The van der Waals surface area contributed by atoms with Gasteiger partial charge in [0.25, 0.3) is 0 Å². The van der Waals surface area contributed by atoms with E-state index in [1.54, 1.807) is 0 Å². The van der Waals surface area contributed by atoms with E-state index in [2.05, 4.69) is 31.3 Å². The molecule has 4 heteroatoms. The molecule has 1 aromatic rings. The average Bonchev–Trinajstić information content (AvgIpc) is 2.54. The topological polar surface area (TPSA) is 39.7 Å². The van der Waals surface area contributed by atoms with Crippen molar-refractivity contribution in [2.45, 2.75) is 51.4 Å². The summed E-state index contributed by atoms with van der Waals surface area (Å²) in [5, 5.41) is 3.51. The second-order valence-electron chi connectivity index (χ2n) is 7.50. The van der Waals surface area contributed by atoms with Gasteiger partial charge >= 0.3 is 0 Å². The quantitative estimate of drug-likeness (QED) is 0.908. The molecule has 1 N–H and O–H groups in total. The predicted octanol–water partition coefficient (Wildman–Crippen LogP) is 3.31. The van der Waals surface area contributed by atoms with Crippen molar-refractivity contribution in [3.8, 4) is 11.5 Å². The summed E-state index contributed by atoms with van der Waals surface area (Å²) in [6.07, 6.45) is 2.76. The molecule has 2 fully saturated rings. The molecule has 3 heterocycles. The smallest absolute Gasteiger partial charge is 0.167 e. The summed E-state index contributed by atoms with van der Waals surface area (Å²) in [5.74, 6) is 2.71. The Morgan fingerprint density at radius 3 is 3.04 bits per heavy atom. The number of piperidine rings is 1. The Hall–Kier alpha value is -1.26. The first kappa shape index (κ1) is 15.3. The van der Waals surface area contributed by atoms with Crippen molar-refractivity contribution in [2.24, 2.45) is 11.8 Å². The van der Waals surface area contributed by atoms with E-state index in [4.69, 9.17) is 14.2 Å². The third-order valence-electron chi connectivity index (χ3n) is 5.66. The van der Waals surface area contributed by atoms with Gasteiger partial charge in [-0.2, -0.15) is 0 Å². The Morgan fingerprint density at radius 1 is 1.35 bits per heavy atom. The van der Waals surface area contributed by atoms with Crippen molar-refractivity contribution in [1.29, 1.82) is 0 Å². The number of benzene rings is 1. The first-order valence-electron chi connectivity index (χ1n) is 8.91. The fourth-order valence-electron chi connectivity index (χ4n) is 4.46. The van der Waals surface area contributed by atoms with Crippen molar-refractivity contribution >= 4 is 0 Å². The van der Waals surface area contributed by atoms with E-state index in [0.717, 1.165) is 43.0 Å². The number of para-hydroxylation sites is 1. The summed E-state index contributed by atoms with van der Waals surface area (Å²) in [7, 11) is 0. The van der Waals surface area contributed by atoms with Crippen LogP contribution >= 0.6 is 0 Å². The summed E-state index contributed by atoms with van der Waals surface area (Å²) in [4.78, 5) is 0. The average molecular weight is 317 g/mol. The minimum atomic E-state index is -0.243. The molecule has 0 saturated carbocycles. The second kappa shape index (κ2) is 5.67. The Bertz CT molecular complexity index is 586. The molecule has 0 unspecified atom stereocenters. The van der Waals surface area contributed by atoms with Gasteiger partial charge in [-0.25, -0.2) is 0 Å². The number of fused-ring (bicyclic) bond motifs is 4. The maximum Gasteiger partial charge on any atom is 0.167 e. The third-order valence-corrected chi connectivity index (χ3v) is 5.66. The van der Waals surface area contributed by atoms with E-state index in [1.807, 2.05) is 13.0 Å². The van der Waals surface area contributed by atoms with Crippen LogP contribution in [0.15, 0.2) is 18.2 Å². The molecule has 4 nitrogen and oxygen atoms in total. The highest BCUT2D eigenvalue weighted by Crippen LogP contribution is 2.54. The molecule has 1 aromatic carbocycles. The lowest BCUT2D eigenvalue weighted by atomic mass is 9.71.